The molecule has 0 aromatic heterocycles. The third-order valence-corrected chi connectivity index (χ3v) is 4.74. The Morgan fingerprint density at radius 2 is 1.61 bits per heavy atom. The first kappa shape index (κ1) is 20.1. The van der Waals surface area contributed by atoms with Gasteiger partial charge in [0.25, 0.3) is 0 Å². The maximum atomic E-state index is 14.5. The zero-order valence-corrected chi connectivity index (χ0v) is 16.3. The average Bonchev–Trinajstić information content (AvgIpc) is 2.71. The number of guanidine groups is 1. The van der Waals surface area contributed by atoms with E-state index in [4.69, 9.17) is 4.74 Å². The van der Waals surface area contributed by atoms with Crippen molar-refractivity contribution in [1.82, 2.24) is 10.6 Å². The second-order valence-corrected chi connectivity index (χ2v) is 6.75. The largest absolute Gasteiger partial charge is 0.378 e. The number of aryl methyl sites for hydroxylation is 1. The zero-order chi connectivity index (χ0) is 19.9. The molecule has 28 heavy (non-hydrogen) atoms. The van der Waals surface area contributed by atoms with Crippen molar-refractivity contribution < 1.29 is 13.5 Å². The summed E-state index contributed by atoms with van der Waals surface area (Å²) in [7, 11) is 1.66. The molecule has 1 saturated heterocycles. The Balaban J connectivity index is 1.54. The van der Waals surface area contributed by atoms with Crippen molar-refractivity contribution in [1.29, 1.82) is 0 Å². The Morgan fingerprint density at radius 3 is 2.18 bits per heavy atom. The van der Waals surface area contributed by atoms with Gasteiger partial charge in [0.05, 0.1) is 18.9 Å². The SMILES string of the molecule is CN=C(NCc1ccc(C)c(F)c1)NCc1ccc(N2CCOCC2)c(F)c1. The van der Waals surface area contributed by atoms with Gasteiger partial charge in [0.15, 0.2) is 5.96 Å². The lowest BCUT2D eigenvalue weighted by atomic mass is 10.1. The van der Waals surface area contributed by atoms with Gasteiger partial charge in [0.2, 0.25) is 0 Å². The quantitative estimate of drug-likeness (QED) is 0.611. The van der Waals surface area contributed by atoms with E-state index in [0.29, 0.717) is 56.6 Å². The number of benzene rings is 2. The highest BCUT2D eigenvalue weighted by Crippen LogP contribution is 2.21. The summed E-state index contributed by atoms with van der Waals surface area (Å²) >= 11 is 0. The fraction of sp³-hybridized carbons (Fsp3) is 0.381. The molecule has 2 aromatic carbocycles. The van der Waals surface area contributed by atoms with E-state index in [1.165, 1.54) is 6.07 Å². The lowest BCUT2D eigenvalue weighted by molar-refractivity contribution is 0.122. The number of anilines is 1. The highest BCUT2D eigenvalue weighted by atomic mass is 19.1. The van der Waals surface area contributed by atoms with Crippen LogP contribution in [0.25, 0.3) is 0 Å². The Hall–Kier alpha value is -2.67. The van der Waals surface area contributed by atoms with Crippen LogP contribution in [0.5, 0.6) is 0 Å². The second kappa shape index (κ2) is 9.50. The Kier molecular flexibility index (Phi) is 6.81. The van der Waals surface area contributed by atoms with Crippen molar-refractivity contribution in [3.63, 3.8) is 0 Å². The number of aliphatic imine (C=N–C) groups is 1. The Morgan fingerprint density at radius 1 is 1.00 bits per heavy atom. The summed E-state index contributed by atoms with van der Waals surface area (Å²) in [6.07, 6.45) is 0. The molecular formula is C21H26F2N4O. The van der Waals surface area contributed by atoms with E-state index < -0.39 is 0 Å². The summed E-state index contributed by atoms with van der Waals surface area (Å²) in [5, 5.41) is 6.29. The fourth-order valence-corrected chi connectivity index (χ4v) is 3.06. The van der Waals surface area contributed by atoms with Gasteiger partial charge in [0, 0.05) is 33.2 Å². The maximum Gasteiger partial charge on any atom is 0.191 e. The van der Waals surface area contributed by atoms with Gasteiger partial charge >= 0.3 is 0 Å². The van der Waals surface area contributed by atoms with Crippen molar-refractivity contribution >= 4 is 11.6 Å². The molecular weight excluding hydrogens is 362 g/mol. The number of halogens is 2. The van der Waals surface area contributed by atoms with Gasteiger partial charge in [0.1, 0.15) is 11.6 Å². The number of hydrogen-bond acceptors (Lipinski definition) is 3. The van der Waals surface area contributed by atoms with Crippen LogP contribution in [0, 0.1) is 18.6 Å². The summed E-state index contributed by atoms with van der Waals surface area (Å²) in [5.74, 6) is 0.107. The minimum atomic E-state index is -0.237. The number of nitrogens with zero attached hydrogens (tertiary/aromatic N) is 2. The van der Waals surface area contributed by atoms with Gasteiger partial charge < -0.3 is 20.3 Å². The summed E-state index contributed by atoms with van der Waals surface area (Å²) in [4.78, 5) is 6.15. The van der Waals surface area contributed by atoms with Crippen LogP contribution in [0.4, 0.5) is 14.5 Å². The smallest absolute Gasteiger partial charge is 0.191 e. The van der Waals surface area contributed by atoms with Gasteiger partial charge in [-0.2, -0.15) is 0 Å². The minimum Gasteiger partial charge on any atom is -0.378 e. The van der Waals surface area contributed by atoms with Crippen molar-refractivity contribution in [2.75, 3.05) is 38.3 Å². The number of rotatable bonds is 5. The molecule has 1 heterocycles. The van der Waals surface area contributed by atoms with E-state index in [2.05, 4.69) is 15.6 Å². The minimum absolute atomic E-state index is 0.224. The molecule has 0 unspecified atom stereocenters. The predicted octanol–water partition coefficient (Wildman–Crippen LogP) is 2.98. The third kappa shape index (κ3) is 5.19. The third-order valence-electron chi connectivity index (χ3n) is 4.74. The van der Waals surface area contributed by atoms with Gasteiger partial charge in [-0.05, 0) is 41.8 Å². The highest BCUT2D eigenvalue weighted by Gasteiger charge is 2.15. The lowest BCUT2D eigenvalue weighted by Gasteiger charge is -2.29. The van der Waals surface area contributed by atoms with Crippen molar-refractivity contribution in [2.45, 2.75) is 20.0 Å². The van der Waals surface area contributed by atoms with Crippen LogP contribution >= 0.6 is 0 Å². The normalized spacial score (nSPS) is 14.9. The van der Waals surface area contributed by atoms with Crippen LogP contribution in [-0.2, 0) is 17.8 Å². The number of nitrogens with one attached hydrogen (secondary N) is 2. The second-order valence-electron chi connectivity index (χ2n) is 6.75. The van der Waals surface area contributed by atoms with E-state index in [0.717, 1.165) is 11.1 Å². The molecule has 150 valence electrons. The summed E-state index contributed by atoms with van der Waals surface area (Å²) in [6.45, 7) is 5.25. The Bertz CT molecular complexity index is 835. The van der Waals surface area contributed by atoms with Crippen LogP contribution < -0.4 is 15.5 Å². The number of morpholine rings is 1. The molecule has 0 saturated carbocycles. The highest BCUT2D eigenvalue weighted by molar-refractivity contribution is 5.79. The zero-order valence-electron chi connectivity index (χ0n) is 16.3. The van der Waals surface area contributed by atoms with E-state index in [-0.39, 0.29) is 11.6 Å². The first-order valence-electron chi connectivity index (χ1n) is 9.37. The van der Waals surface area contributed by atoms with E-state index in [9.17, 15) is 8.78 Å². The molecule has 5 nitrogen and oxygen atoms in total. The molecule has 0 atom stereocenters. The number of hydrogen-bond donors (Lipinski definition) is 2. The first-order valence-corrected chi connectivity index (χ1v) is 9.37. The molecule has 0 spiro atoms. The van der Waals surface area contributed by atoms with Gasteiger partial charge in [-0.1, -0.05) is 18.2 Å². The molecule has 0 amide bonds. The molecule has 2 N–H and O–H groups in total. The molecule has 3 rings (SSSR count). The fourth-order valence-electron chi connectivity index (χ4n) is 3.06. The summed E-state index contributed by atoms with van der Waals surface area (Å²) in [6, 6.07) is 10.4. The summed E-state index contributed by atoms with van der Waals surface area (Å²) < 4.78 is 33.4. The van der Waals surface area contributed by atoms with Crippen LogP contribution in [0.15, 0.2) is 41.4 Å². The lowest BCUT2D eigenvalue weighted by Crippen LogP contribution is -2.37. The van der Waals surface area contributed by atoms with Crippen molar-refractivity contribution in [2.24, 2.45) is 4.99 Å². The van der Waals surface area contributed by atoms with Crippen LogP contribution in [0.3, 0.4) is 0 Å². The molecule has 0 aliphatic carbocycles. The molecule has 1 aliphatic heterocycles. The molecule has 1 fully saturated rings. The van der Waals surface area contributed by atoms with Gasteiger partial charge in [-0.15, -0.1) is 0 Å². The summed E-state index contributed by atoms with van der Waals surface area (Å²) in [5.41, 5.74) is 2.87. The standard InChI is InChI=1S/C21H26F2N4O/c1-15-3-4-16(11-18(15)22)13-25-21(24-2)26-14-17-5-6-20(19(23)12-17)27-7-9-28-10-8-27/h3-6,11-12H,7-10,13-14H2,1-2H3,(H2,24,25,26). The van der Waals surface area contributed by atoms with Crippen LogP contribution in [0.2, 0.25) is 0 Å². The molecule has 0 radical (unpaired) electrons. The first-order chi connectivity index (χ1) is 13.6. The maximum absolute atomic E-state index is 14.5. The monoisotopic (exact) mass is 388 g/mol. The van der Waals surface area contributed by atoms with Gasteiger partial charge in [-0.3, -0.25) is 4.99 Å². The van der Waals surface area contributed by atoms with E-state index in [1.54, 1.807) is 26.1 Å². The van der Waals surface area contributed by atoms with Crippen molar-refractivity contribution in [3.05, 3.63) is 64.7 Å². The predicted molar refractivity (Wildman–Crippen MR) is 108 cm³/mol. The average molecular weight is 388 g/mol. The topological polar surface area (TPSA) is 48.9 Å². The van der Waals surface area contributed by atoms with Crippen LogP contribution in [0.1, 0.15) is 16.7 Å². The molecule has 7 heteroatoms. The van der Waals surface area contributed by atoms with Crippen LogP contribution in [-0.4, -0.2) is 39.3 Å². The number of ether oxygens (including phenoxy) is 1. The van der Waals surface area contributed by atoms with Crippen molar-refractivity contribution in [3.8, 4) is 0 Å². The molecule has 1 aliphatic rings. The van der Waals surface area contributed by atoms with Gasteiger partial charge in [-0.25, -0.2) is 8.78 Å². The molecule has 0 bridgehead atoms. The van der Waals surface area contributed by atoms with E-state index in [1.807, 2.05) is 23.1 Å². The molecule has 2 aromatic rings. The van der Waals surface area contributed by atoms with E-state index >= 15 is 0 Å². The Labute approximate surface area is 164 Å².